The second-order valence-corrected chi connectivity index (χ2v) is 10.3. The number of halogens is 1. The molecule has 3 aromatic carbocycles. The van der Waals surface area contributed by atoms with Crippen molar-refractivity contribution in [3.8, 4) is 11.1 Å². The lowest BCUT2D eigenvalue weighted by atomic mass is 9.78. The van der Waals surface area contributed by atoms with Crippen molar-refractivity contribution in [2.75, 3.05) is 19.6 Å². The van der Waals surface area contributed by atoms with E-state index in [0.29, 0.717) is 34.7 Å². The van der Waals surface area contributed by atoms with E-state index in [1.807, 2.05) is 30.3 Å². The number of aliphatic hydroxyl groups is 1. The highest BCUT2D eigenvalue weighted by atomic mass is 35.5. The zero-order chi connectivity index (χ0) is 27.1. The maximum Gasteiger partial charge on any atom is 0.407 e. The van der Waals surface area contributed by atoms with Crippen LogP contribution >= 0.6 is 11.6 Å². The SMILES string of the molecule is CCc1cccc(-c2c(Cl)cccc2C(O)(CCCN(C(=O)O)C2CCCNC2)C(=O)c2ccccc2)c1. The van der Waals surface area contributed by atoms with Gasteiger partial charge in [-0.2, -0.15) is 0 Å². The van der Waals surface area contributed by atoms with Crippen molar-refractivity contribution < 1.29 is 19.8 Å². The molecule has 0 saturated carbocycles. The van der Waals surface area contributed by atoms with Gasteiger partial charge in [-0.25, -0.2) is 4.79 Å². The summed E-state index contributed by atoms with van der Waals surface area (Å²) in [6, 6.07) is 21.8. The van der Waals surface area contributed by atoms with Crippen LogP contribution < -0.4 is 5.32 Å². The first-order valence-corrected chi connectivity index (χ1v) is 13.6. The quantitative estimate of drug-likeness (QED) is 0.271. The van der Waals surface area contributed by atoms with Crippen molar-refractivity contribution in [2.24, 2.45) is 0 Å². The molecule has 0 spiro atoms. The van der Waals surface area contributed by atoms with Gasteiger partial charge in [-0.15, -0.1) is 0 Å². The maximum atomic E-state index is 14.0. The summed E-state index contributed by atoms with van der Waals surface area (Å²) >= 11 is 6.73. The van der Waals surface area contributed by atoms with Gasteiger partial charge in [-0.1, -0.05) is 85.3 Å². The average molecular weight is 535 g/mol. The number of amides is 1. The fourth-order valence-electron chi connectivity index (χ4n) is 5.35. The Morgan fingerprint density at radius 1 is 1.08 bits per heavy atom. The van der Waals surface area contributed by atoms with E-state index in [1.54, 1.807) is 42.5 Å². The van der Waals surface area contributed by atoms with Crippen LogP contribution in [0.25, 0.3) is 11.1 Å². The molecule has 38 heavy (non-hydrogen) atoms. The number of nitrogens with zero attached hydrogens (tertiary/aromatic N) is 1. The summed E-state index contributed by atoms with van der Waals surface area (Å²) < 4.78 is 0. The van der Waals surface area contributed by atoms with Crippen LogP contribution in [0.2, 0.25) is 5.02 Å². The Bertz CT molecular complexity index is 1260. The number of ketones is 1. The van der Waals surface area contributed by atoms with Crippen LogP contribution in [0.5, 0.6) is 0 Å². The maximum absolute atomic E-state index is 14.0. The topological polar surface area (TPSA) is 89.9 Å². The molecule has 1 aliphatic rings. The van der Waals surface area contributed by atoms with E-state index in [-0.39, 0.29) is 19.0 Å². The molecule has 6 nitrogen and oxygen atoms in total. The fraction of sp³-hybridized carbons (Fsp3) is 0.355. The third-order valence-corrected chi connectivity index (χ3v) is 7.70. The first kappa shape index (κ1) is 27.8. The molecule has 200 valence electrons. The number of carbonyl (C=O) groups is 2. The Kier molecular flexibility index (Phi) is 9.21. The van der Waals surface area contributed by atoms with Crippen LogP contribution in [0.15, 0.2) is 72.8 Å². The smallest absolute Gasteiger partial charge is 0.407 e. The number of benzene rings is 3. The summed E-state index contributed by atoms with van der Waals surface area (Å²) in [5.41, 5.74) is 1.46. The van der Waals surface area contributed by atoms with E-state index in [4.69, 9.17) is 11.6 Å². The third-order valence-electron chi connectivity index (χ3n) is 7.39. The number of aryl methyl sites for hydroxylation is 1. The summed E-state index contributed by atoms with van der Waals surface area (Å²) in [6.07, 6.45) is 1.90. The molecule has 0 bridgehead atoms. The number of carbonyl (C=O) groups excluding carboxylic acids is 1. The summed E-state index contributed by atoms with van der Waals surface area (Å²) in [5.74, 6) is -0.436. The standard InChI is InChI=1S/C31H35ClN2O4/c1-2-22-10-6-13-24(20-22)28-26(15-7-16-27(28)32)31(38,29(35)23-11-4-3-5-12-23)17-9-19-34(30(36)37)25-14-8-18-33-21-25/h3-7,10-13,15-16,20,25,33,38H,2,8-9,14,17-19,21H2,1H3,(H,36,37). The number of hydrogen-bond donors (Lipinski definition) is 3. The molecule has 1 amide bonds. The van der Waals surface area contributed by atoms with Gasteiger partial charge in [0, 0.05) is 40.8 Å². The lowest BCUT2D eigenvalue weighted by Crippen LogP contribution is -2.49. The molecule has 3 aromatic rings. The molecule has 1 aliphatic heterocycles. The number of hydrogen-bond acceptors (Lipinski definition) is 4. The first-order valence-electron chi connectivity index (χ1n) is 13.3. The lowest BCUT2D eigenvalue weighted by Gasteiger charge is -2.34. The van der Waals surface area contributed by atoms with Crippen molar-refractivity contribution in [3.63, 3.8) is 0 Å². The molecule has 1 saturated heterocycles. The number of piperidine rings is 1. The molecule has 2 atom stereocenters. The molecular weight excluding hydrogens is 500 g/mol. The van der Waals surface area contributed by atoms with Gasteiger partial charge < -0.3 is 20.4 Å². The third kappa shape index (κ3) is 6.09. The van der Waals surface area contributed by atoms with Crippen molar-refractivity contribution in [3.05, 3.63) is 94.5 Å². The lowest BCUT2D eigenvalue weighted by molar-refractivity contribution is 0.0220. The number of nitrogens with one attached hydrogen (secondary N) is 1. The Labute approximate surface area is 229 Å². The Hall–Kier alpha value is -3.19. The molecule has 0 aromatic heterocycles. The molecule has 7 heteroatoms. The molecule has 2 unspecified atom stereocenters. The molecule has 3 N–H and O–H groups in total. The highest BCUT2D eigenvalue weighted by Crippen LogP contribution is 2.41. The fourth-order valence-corrected chi connectivity index (χ4v) is 5.63. The minimum Gasteiger partial charge on any atom is -0.465 e. The second-order valence-electron chi connectivity index (χ2n) is 9.85. The molecule has 4 rings (SSSR count). The monoisotopic (exact) mass is 534 g/mol. The normalized spacial score (nSPS) is 17.0. The van der Waals surface area contributed by atoms with Gasteiger partial charge in [0.1, 0.15) is 0 Å². The predicted molar refractivity (Wildman–Crippen MR) is 151 cm³/mol. The van der Waals surface area contributed by atoms with Crippen LogP contribution in [0.4, 0.5) is 4.79 Å². The van der Waals surface area contributed by atoms with Gasteiger partial charge in [0.2, 0.25) is 0 Å². The van der Waals surface area contributed by atoms with Crippen LogP contribution in [0, 0.1) is 0 Å². The van der Waals surface area contributed by atoms with Crippen LogP contribution in [0.3, 0.4) is 0 Å². The molecule has 1 fully saturated rings. The first-order chi connectivity index (χ1) is 18.3. The predicted octanol–water partition coefficient (Wildman–Crippen LogP) is 6.15. The summed E-state index contributed by atoms with van der Waals surface area (Å²) in [5, 5.41) is 25.9. The van der Waals surface area contributed by atoms with E-state index in [1.165, 1.54) is 4.90 Å². The van der Waals surface area contributed by atoms with Crippen molar-refractivity contribution in [1.29, 1.82) is 0 Å². The van der Waals surface area contributed by atoms with Gasteiger partial charge in [0.25, 0.3) is 0 Å². The zero-order valence-electron chi connectivity index (χ0n) is 21.7. The van der Waals surface area contributed by atoms with E-state index < -0.39 is 17.5 Å². The zero-order valence-corrected chi connectivity index (χ0v) is 22.5. The Balaban J connectivity index is 1.73. The Morgan fingerprint density at radius 2 is 1.84 bits per heavy atom. The largest absolute Gasteiger partial charge is 0.465 e. The highest BCUT2D eigenvalue weighted by molar-refractivity contribution is 6.33. The molecule has 0 aliphatic carbocycles. The van der Waals surface area contributed by atoms with Crippen LogP contribution in [0.1, 0.15) is 54.1 Å². The summed E-state index contributed by atoms with van der Waals surface area (Å²) in [4.78, 5) is 27.5. The molecule has 1 heterocycles. The van der Waals surface area contributed by atoms with Crippen molar-refractivity contribution in [2.45, 2.75) is 50.7 Å². The number of rotatable bonds is 10. The van der Waals surface area contributed by atoms with Gasteiger partial charge in [-0.05, 0) is 55.8 Å². The number of Topliss-reactive ketones (excluding diaryl/α,β-unsaturated/α-hetero) is 1. The second kappa shape index (κ2) is 12.6. The summed E-state index contributed by atoms with van der Waals surface area (Å²) in [6.45, 7) is 3.77. The van der Waals surface area contributed by atoms with Gasteiger partial charge in [0.15, 0.2) is 11.4 Å². The number of carboxylic acid groups (broad SMARTS) is 1. The molecular formula is C31H35ClN2O4. The van der Waals surface area contributed by atoms with E-state index >= 15 is 0 Å². The van der Waals surface area contributed by atoms with Crippen LogP contribution in [-0.2, 0) is 12.0 Å². The van der Waals surface area contributed by atoms with Gasteiger partial charge >= 0.3 is 6.09 Å². The van der Waals surface area contributed by atoms with E-state index in [0.717, 1.165) is 36.9 Å². The van der Waals surface area contributed by atoms with Crippen molar-refractivity contribution >= 4 is 23.5 Å². The van der Waals surface area contributed by atoms with Crippen LogP contribution in [-0.4, -0.2) is 52.7 Å². The summed E-state index contributed by atoms with van der Waals surface area (Å²) in [7, 11) is 0. The van der Waals surface area contributed by atoms with Crippen molar-refractivity contribution in [1.82, 2.24) is 10.2 Å². The molecule has 0 radical (unpaired) electrons. The van der Waals surface area contributed by atoms with E-state index in [2.05, 4.69) is 12.2 Å². The van der Waals surface area contributed by atoms with Gasteiger partial charge in [-0.3, -0.25) is 4.79 Å². The average Bonchev–Trinajstić information content (AvgIpc) is 2.95. The Morgan fingerprint density at radius 3 is 2.53 bits per heavy atom. The highest BCUT2D eigenvalue weighted by Gasteiger charge is 2.41. The van der Waals surface area contributed by atoms with E-state index in [9.17, 15) is 19.8 Å². The van der Waals surface area contributed by atoms with Gasteiger partial charge in [0.05, 0.1) is 0 Å². The minimum absolute atomic E-state index is 0.0471. The minimum atomic E-state index is -1.90.